The number of rotatable bonds is 4. The third-order valence-electron chi connectivity index (χ3n) is 4.13. The lowest BCUT2D eigenvalue weighted by Gasteiger charge is -2.37. The predicted octanol–water partition coefficient (Wildman–Crippen LogP) is 2.93. The van der Waals surface area contributed by atoms with E-state index in [1.807, 2.05) is 13.0 Å². The lowest BCUT2D eigenvalue weighted by Crippen LogP contribution is -2.42. The van der Waals surface area contributed by atoms with E-state index in [1.165, 1.54) is 0 Å². The summed E-state index contributed by atoms with van der Waals surface area (Å²) in [6.45, 7) is 3.92. The summed E-state index contributed by atoms with van der Waals surface area (Å²) >= 11 is 0. The van der Waals surface area contributed by atoms with E-state index in [4.69, 9.17) is 4.74 Å². The fourth-order valence-corrected chi connectivity index (χ4v) is 2.79. The molecule has 0 bridgehead atoms. The van der Waals surface area contributed by atoms with Gasteiger partial charge >= 0.3 is 0 Å². The van der Waals surface area contributed by atoms with Crippen molar-refractivity contribution in [1.29, 1.82) is 0 Å². The Morgan fingerprint density at radius 1 is 1.30 bits per heavy atom. The maximum absolute atomic E-state index is 10.8. The molecular weight excluding hydrogens is 254 g/mol. The van der Waals surface area contributed by atoms with Gasteiger partial charge in [0, 0.05) is 25.2 Å². The summed E-state index contributed by atoms with van der Waals surface area (Å²) in [5.74, 6) is 0.730. The lowest BCUT2D eigenvalue weighted by atomic mass is 10.0. The fraction of sp³-hybridized carbons (Fsp3) is 0.600. The number of piperidine rings is 1. The van der Waals surface area contributed by atoms with Crippen molar-refractivity contribution >= 4 is 11.4 Å². The van der Waals surface area contributed by atoms with Crippen LogP contribution in [-0.4, -0.2) is 45.2 Å². The van der Waals surface area contributed by atoms with Gasteiger partial charge in [0.25, 0.3) is 0 Å². The normalized spacial score (nSPS) is 16.6. The van der Waals surface area contributed by atoms with Gasteiger partial charge < -0.3 is 14.5 Å². The highest BCUT2D eigenvalue weighted by Gasteiger charge is 2.23. The number of ether oxygens (including phenoxy) is 1. The van der Waals surface area contributed by atoms with Crippen LogP contribution < -0.4 is 9.64 Å². The standard InChI is InChI=1S/C15H23N3O2/c1-11-9-14(15(20-4)10-13(11)16-19)18-7-5-12(6-8-18)17(2)3/h9-10,12H,5-8H2,1-4H3. The Kier molecular flexibility index (Phi) is 4.60. The summed E-state index contributed by atoms with van der Waals surface area (Å²) in [7, 11) is 5.90. The van der Waals surface area contributed by atoms with Crippen LogP contribution in [0.25, 0.3) is 0 Å². The highest BCUT2D eigenvalue weighted by Crippen LogP contribution is 2.36. The van der Waals surface area contributed by atoms with Crippen molar-refractivity contribution in [3.63, 3.8) is 0 Å². The molecule has 2 rings (SSSR count). The summed E-state index contributed by atoms with van der Waals surface area (Å²) in [6, 6.07) is 4.38. The average molecular weight is 277 g/mol. The lowest BCUT2D eigenvalue weighted by molar-refractivity contribution is 0.249. The quantitative estimate of drug-likeness (QED) is 0.794. The molecule has 0 N–H and O–H groups in total. The van der Waals surface area contributed by atoms with E-state index in [-0.39, 0.29) is 0 Å². The monoisotopic (exact) mass is 277 g/mol. The highest BCUT2D eigenvalue weighted by molar-refractivity contribution is 5.67. The molecule has 0 amide bonds. The van der Waals surface area contributed by atoms with Crippen molar-refractivity contribution in [2.45, 2.75) is 25.8 Å². The molecule has 0 aliphatic carbocycles. The molecule has 1 aliphatic heterocycles. The van der Waals surface area contributed by atoms with E-state index in [0.717, 1.165) is 42.9 Å². The smallest absolute Gasteiger partial charge is 0.144 e. The highest BCUT2D eigenvalue weighted by atomic mass is 16.5. The SMILES string of the molecule is COc1cc(N=O)c(C)cc1N1CCC(N(C)C)CC1. The largest absolute Gasteiger partial charge is 0.495 e. The molecule has 0 unspecified atom stereocenters. The van der Waals surface area contributed by atoms with E-state index < -0.39 is 0 Å². The molecule has 1 saturated heterocycles. The van der Waals surface area contributed by atoms with Crippen molar-refractivity contribution in [3.05, 3.63) is 22.6 Å². The van der Waals surface area contributed by atoms with Crippen LogP contribution in [0.5, 0.6) is 5.75 Å². The molecule has 0 radical (unpaired) electrons. The average Bonchev–Trinajstić information content (AvgIpc) is 2.47. The number of anilines is 1. The summed E-state index contributed by atoms with van der Waals surface area (Å²) in [4.78, 5) is 15.4. The molecule has 5 heteroatoms. The number of nitroso groups, excluding NO2 is 1. The fourth-order valence-electron chi connectivity index (χ4n) is 2.79. The van der Waals surface area contributed by atoms with E-state index in [2.05, 4.69) is 29.1 Å². The van der Waals surface area contributed by atoms with E-state index >= 15 is 0 Å². The minimum atomic E-state index is 0.453. The third-order valence-corrected chi connectivity index (χ3v) is 4.13. The second-order valence-corrected chi connectivity index (χ2v) is 5.58. The number of methoxy groups -OCH3 is 1. The Morgan fingerprint density at radius 2 is 1.95 bits per heavy atom. The first-order valence-electron chi connectivity index (χ1n) is 7.00. The van der Waals surface area contributed by atoms with Crippen LogP contribution >= 0.6 is 0 Å². The summed E-state index contributed by atoms with van der Waals surface area (Å²) < 4.78 is 5.42. The number of hydrogen-bond acceptors (Lipinski definition) is 5. The first-order valence-corrected chi connectivity index (χ1v) is 7.00. The molecule has 1 aliphatic rings. The molecule has 110 valence electrons. The molecule has 20 heavy (non-hydrogen) atoms. The Morgan fingerprint density at radius 3 is 2.45 bits per heavy atom. The van der Waals surface area contributed by atoms with Gasteiger partial charge in [0.15, 0.2) is 0 Å². The van der Waals surface area contributed by atoms with E-state index in [0.29, 0.717) is 11.7 Å². The van der Waals surface area contributed by atoms with E-state index in [9.17, 15) is 4.91 Å². The molecule has 0 saturated carbocycles. The van der Waals surface area contributed by atoms with Crippen molar-refractivity contribution < 1.29 is 4.74 Å². The van der Waals surface area contributed by atoms with Gasteiger partial charge in [0.1, 0.15) is 11.4 Å². The van der Waals surface area contributed by atoms with Gasteiger partial charge in [-0.15, -0.1) is 4.91 Å². The van der Waals surface area contributed by atoms with Crippen LogP contribution in [0, 0.1) is 11.8 Å². The Hall–Kier alpha value is -1.62. The van der Waals surface area contributed by atoms with Gasteiger partial charge in [-0.05, 0) is 50.7 Å². The number of aryl methyl sites for hydroxylation is 1. The Bertz CT molecular complexity index is 480. The summed E-state index contributed by atoms with van der Waals surface area (Å²) in [6.07, 6.45) is 2.28. The maximum atomic E-state index is 10.8. The number of benzene rings is 1. The second kappa shape index (κ2) is 6.22. The molecule has 0 spiro atoms. The molecule has 0 atom stereocenters. The van der Waals surface area contributed by atoms with Crippen molar-refractivity contribution in [2.75, 3.05) is 39.2 Å². The second-order valence-electron chi connectivity index (χ2n) is 5.58. The molecule has 1 fully saturated rings. The van der Waals surface area contributed by atoms with Crippen molar-refractivity contribution in [2.24, 2.45) is 5.18 Å². The maximum Gasteiger partial charge on any atom is 0.144 e. The zero-order chi connectivity index (χ0) is 14.7. The van der Waals surface area contributed by atoms with Gasteiger partial charge in [-0.1, -0.05) is 0 Å². The topological polar surface area (TPSA) is 45.1 Å². The van der Waals surface area contributed by atoms with Crippen molar-refractivity contribution in [3.8, 4) is 5.75 Å². The predicted molar refractivity (Wildman–Crippen MR) is 82.1 cm³/mol. The number of hydrogen-bond donors (Lipinski definition) is 0. The summed E-state index contributed by atoms with van der Waals surface area (Å²) in [5.41, 5.74) is 2.41. The van der Waals surface area contributed by atoms with Gasteiger partial charge in [-0.3, -0.25) is 0 Å². The van der Waals surface area contributed by atoms with Crippen LogP contribution in [0.4, 0.5) is 11.4 Å². The van der Waals surface area contributed by atoms with Gasteiger partial charge in [0.05, 0.1) is 12.8 Å². The number of nitrogens with zero attached hydrogens (tertiary/aromatic N) is 3. The Labute approximate surface area is 120 Å². The van der Waals surface area contributed by atoms with E-state index in [1.54, 1.807) is 13.2 Å². The van der Waals surface area contributed by atoms with Crippen LogP contribution in [-0.2, 0) is 0 Å². The molecule has 1 aromatic rings. The first kappa shape index (κ1) is 14.8. The Balaban J connectivity index is 2.21. The minimum Gasteiger partial charge on any atom is -0.495 e. The van der Waals surface area contributed by atoms with Crippen LogP contribution in [0.3, 0.4) is 0 Å². The molecule has 1 heterocycles. The molecular formula is C15H23N3O2. The first-order chi connectivity index (χ1) is 9.56. The van der Waals surface area contributed by atoms with Crippen LogP contribution in [0.2, 0.25) is 0 Å². The van der Waals surface area contributed by atoms with Gasteiger partial charge in [0.2, 0.25) is 0 Å². The minimum absolute atomic E-state index is 0.453. The van der Waals surface area contributed by atoms with Gasteiger partial charge in [-0.25, -0.2) is 0 Å². The molecule has 5 nitrogen and oxygen atoms in total. The third kappa shape index (κ3) is 2.93. The molecule has 1 aromatic carbocycles. The van der Waals surface area contributed by atoms with Gasteiger partial charge in [-0.2, -0.15) is 0 Å². The zero-order valence-electron chi connectivity index (χ0n) is 12.7. The van der Waals surface area contributed by atoms with Crippen LogP contribution in [0.15, 0.2) is 17.3 Å². The van der Waals surface area contributed by atoms with Crippen molar-refractivity contribution in [1.82, 2.24) is 4.90 Å². The zero-order valence-corrected chi connectivity index (χ0v) is 12.7. The molecule has 0 aromatic heterocycles. The summed E-state index contributed by atoms with van der Waals surface area (Å²) in [5, 5.41) is 3.05. The van der Waals surface area contributed by atoms with Crippen LogP contribution in [0.1, 0.15) is 18.4 Å².